The number of nitrogens with zero attached hydrogens (tertiary/aromatic N) is 1. The Balaban J connectivity index is 0.000000234. The van der Waals surface area contributed by atoms with Crippen molar-refractivity contribution in [1.82, 2.24) is 10.3 Å². The molecule has 0 spiro atoms. The smallest absolute Gasteiger partial charge is 0.251 e. The van der Waals surface area contributed by atoms with Gasteiger partial charge in [0.1, 0.15) is 0 Å². The molecule has 1 aromatic heterocycles. The lowest BCUT2D eigenvalue weighted by molar-refractivity contribution is -0.113. The molecule has 0 bridgehead atoms. The Morgan fingerprint density at radius 2 is 1.59 bits per heavy atom. The zero-order valence-electron chi connectivity index (χ0n) is 15.4. The maximum atomic E-state index is 11.9. The SMILES string of the molecule is NC(=O)/C=C/c1ccncc1.O=C(NCc1cc(Br)cc(Br)c1)c1ccccc1. The van der Waals surface area contributed by atoms with Crippen LogP contribution in [0.2, 0.25) is 0 Å². The fourth-order valence-electron chi connectivity index (χ4n) is 2.24. The molecule has 0 aliphatic carbocycles. The predicted molar refractivity (Wildman–Crippen MR) is 122 cm³/mol. The summed E-state index contributed by atoms with van der Waals surface area (Å²) in [4.78, 5) is 26.0. The van der Waals surface area contributed by atoms with Crippen LogP contribution < -0.4 is 11.1 Å². The summed E-state index contributed by atoms with van der Waals surface area (Å²) in [6.45, 7) is 0.506. The van der Waals surface area contributed by atoms with Gasteiger partial charge >= 0.3 is 0 Å². The number of amides is 2. The van der Waals surface area contributed by atoms with Gasteiger partial charge in [0, 0.05) is 39.5 Å². The maximum absolute atomic E-state index is 11.9. The molecule has 0 fully saturated rings. The van der Waals surface area contributed by atoms with Gasteiger partial charge < -0.3 is 11.1 Å². The zero-order chi connectivity index (χ0) is 21.1. The van der Waals surface area contributed by atoms with Gasteiger partial charge in [0.15, 0.2) is 0 Å². The van der Waals surface area contributed by atoms with Gasteiger partial charge in [0.25, 0.3) is 5.91 Å². The first-order valence-corrected chi connectivity index (χ1v) is 10.2. The molecular weight excluding hydrogens is 498 g/mol. The number of primary amides is 1. The number of halogens is 2. The van der Waals surface area contributed by atoms with E-state index in [1.807, 2.05) is 36.4 Å². The van der Waals surface area contributed by atoms with Crippen molar-refractivity contribution in [2.24, 2.45) is 5.73 Å². The van der Waals surface area contributed by atoms with Crippen molar-refractivity contribution < 1.29 is 9.59 Å². The van der Waals surface area contributed by atoms with E-state index in [4.69, 9.17) is 5.73 Å². The van der Waals surface area contributed by atoms with Crippen LogP contribution in [-0.2, 0) is 11.3 Å². The van der Waals surface area contributed by atoms with E-state index in [0.29, 0.717) is 12.1 Å². The minimum absolute atomic E-state index is 0.0632. The first-order valence-electron chi connectivity index (χ1n) is 8.60. The number of nitrogens with two attached hydrogens (primary N) is 1. The van der Waals surface area contributed by atoms with Gasteiger partial charge in [-0.05, 0) is 59.7 Å². The molecule has 0 atom stereocenters. The zero-order valence-corrected chi connectivity index (χ0v) is 18.6. The molecule has 0 unspecified atom stereocenters. The molecule has 0 radical (unpaired) electrons. The monoisotopic (exact) mass is 515 g/mol. The van der Waals surface area contributed by atoms with Crippen molar-refractivity contribution in [1.29, 1.82) is 0 Å². The molecule has 2 amide bonds. The highest BCUT2D eigenvalue weighted by atomic mass is 79.9. The standard InChI is InChI=1S/C14H11Br2NO.C8H8N2O/c15-12-6-10(7-13(16)8-12)9-17-14(18)11-4-2-1-3-5-11;9-8(11)2-1-7-3-5-10-6-4-7/h1-8H,9H2,(H,17,18);1-6H,(H2,9,11)/b;2-1+. The van der Waals surface area contributed by atoms with E-state index in [2.05, 4.69) is 42.2 Å². The third-order valence-corrected chi connectivity index (χ3v) is 4.47. The van der Waals surface area contributed by atoms with E-state index >= 15 is 0 Å². The summed E-state index contributed by atoms with van der Waals surface area (Å²) in [6.07, 6.45) is 6.26. The topological polar surface area (TPSA) is 85.1 Å². The molecular formula is C22H19Br2N3O2. The number of benzene rings is 2. The lowest BCUT2D eigenvalue weighted by atomic mass is 10.2. The van der Waals surface area contributed by atoms with E-state index in [1.54, 1.807) is 42.7 Å². The fourth-order valence-corrected chi connectivity index (χ4v) is 3.63. The number of aromatic nitrogens is 1. The number of carbonyl (C=O) groups excluding carboxylic acids is 2. The van der Waals surface area contributed by atoms with E-state index in [1.165, 1.54) is 6.08 Å². The summed E-state index contributed by atoms with van der Waals surface area (Å²) in [5.41, 5.74) is 7.53. The van der Waals surface area contributed by atoms with E-state index in [-0.39, 0.29) is 5.91 Å². The second-order valence-electron chi connectivity index (χ2n) is 5.84. The second-order valence-corrected chi connectivity index (χ2v) is 7.67. The number of hydrogen-bond donors (Lipinski definition) is 2. The number of hydrogen-bond acceptors (Lipinski definition) is 3. The van der Waals surface area contributed by atoms with Crippen molar-refractivity contribution in [3.05, 3.63) is 105 Å². The Hall–Kier alpha value is -2.77. The lowest BCUT2D eigenvalue weighted by Crippen LogP contribution is -2.22. The number of pyridine rings is 1. The quantitative estimate of drug-likeness (QED) is 0.481. The van der Waals surface area contributed by atoms with Crippen LogP contribution in [0.15, 0.2) is 88.1 Å². The summed E-state index contributed by atoms with van der Waals surface area (Å²) in [5.74, 6) is -0.506. The molecule has 3 aromatic rings. The minimum Gasteiger partial charge on any atom is -0.366 e. The summed E-state index contributed by atoms with van der Waals surface area (Å²) in [5, 5.41) is 2.89. The van der Waals surface area contributed by atoms with E-state index in [9.17, 15) is 9.59 Å². The van der Waals surface area contributed by atoms with Crippen LogP contribution in [0, 0.1) is 0 Å². The van der Waals surface area contributed by atoms with Crippen molar-refractivity contribution >= 4 is 49.8 Å². The van der Waals surface area contributed by atoms with Gasteiger partial charge in [-0.15, -0.1) is 0 Å². The summed E-state index contributed by atoms with van der Waals surface area (Å²) < 4.78 is 1.97. The van der Waals surface area contributed by atoms with Crippen LogP contribution in [-0.4, -0.2) is 16.8 Å². The van der Waals surface area contributed by atoms with E-state index in [0.717, 1.165) is 20.1 Å². The molecule has 0 saturated carbocycles. The highest BCUT2D eigenvalue weighted by Gasteiger charge is 2.04. The Bertz CT molecular complexity index is 958. The van der Waals surface area contributed by atoms with Crippen LogP contribution in [0.1, 0.15) is 21.5 Å². The molecule has 2 aromatic carbocycles. The van der Waals surface area contributed by atoms with Crippen molar-refractivity contribution in [3.63, 3.8) is 0 Å². The van der Waals surface area contributed by atoms with Gasteiger partial charge in [-0.25, -0.2) is 0 Å². The van der Waals surface area contributed by atoms with Gasteiger partial charge in [-0.1, -0.05) is 50.1 Å². The summed E-state index contributed by atoms with van der Waals surface area (Å²) in [6, 6.07) is 18.7. The molecule has 0 aliphatic rings. The Morgan fingerprint density at radius 1 is 0.966 bits per heavy atom. The summed E-state index contributed by atoms with van der Waals surface area (Å²) >= 11 is 6.84. The predicted octanol–water partition coefficient (Wildman–Crippen LogP) is 4.72. The largest absolute Gasteiger partial charge is 0.366 e. The van der Waals surface area contributed by atoms with Crippen LogP contribution in [0.4, 0.5) is 0 Å². The minimum atomic E-state index is -0.443. The van der Waals surface area contributed by atoms with Crippen LogP contribution in [0.3, 0.4) is 0 Å². The molecule has 1 heterocycles. The number of nitrogens with one attached hydrogen (secondary N) is 1. The third-order valence-electron chi connectivity index (χ3n) is 3.56. The fraction of sp³-hybridized carbons (Fsp3) is 0.0455. The average molecular weight is 517 g/mol. The van der Waals surface area contributed by atoms with Crippen LogP contribution >= 0.6 is 31.9 Å². The molecule has 7 heteroatoms. The molecule has 29 heavy (non-hydrogen) atoms. The van der Waals surface area contributed by atoms with Crippen LogP contribution in [0.5, 0.6) is 0 Å². The maximum Gasteiger partial charge on any atom is 0.251 e. The molecule has 3 rings (SSSR count). The van der Waals surface area contributed by atoms with Crippen LogP contribution in [0.25, 0.3) is 6.08 Å². The lowest BCUT2D eigenvalue weighted by Gasteiger charge is -2.06. The summed E-state index contributed by atoms with van der Waals surface area (Å²) in [7, 11) is 0. The number of rotatable bonds is 5. The molecule has 148 valence electrons. The third kappa shape index (κ3) is 8.85. The van der Waals surface area contributed by atoms with Crippen molar-refractivity contribution in [2.45, 2.75) is 6.54 Å². The Morgan fingerprint density at radius 3 is 2.17 bits per heavy atom. The first kappa shape index (κ1) is 22.5. The van der Waals surface area contributed by atoms with Gasteiger partial charge in [0.05, 0.1) is 0 Å². The van der Waals surface area contributed by atoms with Gasteiger partial charge in [-0.3, -0.25) is 14.6 Å². The average Bonchev–Trinajstić information content (AvgIpc) is 2.72. The molecule has 3 N–H and O–H groups in total. The molecule has 0 aliphatic heterocycles. The Kier molecular flexibility index (Phi) is 9.27. The second kappa shape index (κ2) is 11.9. The van der Waals surface area contributed by atoms with Crippen molar-refractivity contribution in [2.75, 3.05) is 0 Å². The van der Waals surface area contributed by atoms with Gasteiger partial charge in [0.2, 0.25) is 5.91 Å². The number of carbonyl (C=O) groups is 2. The molecule has 5 nitrogen and oxygen atoms in total. The normalized spacial score (nSPS) is 10.1. The Labute approximate surface area is 186 Å². The molecule has 0 saturated heterocycles. The van der Waals surface area contributed by atoms with E-state index < -0.39 is 5.91 Å². The first-order chi connectivity index (χ1) is 13.9. The van der Waals surface area contributed by atoms with Crippen molar-refractivity contribution in [3.8, 4) is 0 Å². The van der Waals surface area contributed by atoms with Gasteiger partial charge in [-0.2, -0.15) is 0 Å². The highest BCUT2D eigenvalue weighted by molar-refractivity contribution is 9.11. The highest BCUT2D eigenvalue weighted by Crippen LogP contribution is 2.20.